The molecule has 0 unspecified atom stereocenters. The zero-order valence-corrected chi connectivity index (χ0v) is 15.5. The van der Waals surface area contributed by atoms with Gasteiger partial charge in [-0.1, -0.05) is 0 Å². The molecule has 2 aliphatic rings. The van der Waals surface area contributed by atoms with Crippen molar-refractivity contribution in [1.82, 2.24) is 14.9 Å². The van der Waals surface area contributed by atoms with Crippen LogP contribution in [-0.4, -0.2) is 60.3 Å². The van der Waals surface area contributed by atoms with Crippen LogP contribution in [0.5, 0.6) is 0 Å². The second kappa shape index (κ2) is 8.40. The zero-order chi connectivity index (χ0) is 16.1. The van der Waals surface area contributed by atoms with Crippen LogP contribution in [0.15, 0.2) is 16.9 Å². The quantitative estimate of drug-likeness (QED) is 0.755. The van der Waals surface area contributed by atoms with Crippen molar-refractivity contribution in [3.63, 3.8) is 0 Å². The fourth-order valence-electron chi connectivity index (χ4n) is 3.60. The first-order chi connectivity index (χ1) is 11.2. The third kappa shape index (κ3) is 4.88. The molecule has 0 bridgehead atoms. The molecule has 0 aromatic carbocycles. The number of ether oxygens (including phenoxy) is 1. The molecule has 5 nitrogen and oxygen atoms in total. The van der Waals surface area contributed by atoms with E-state index in [0.29, 0.717) is 12.1 Å². The lowest BCUT2D eigenvalue weighted by atomic mass is 9.92. The van der Waals surface area contributed by atoms with Crippen molar-refractivity contribution < 1.29 is 4.74 Å². The smallest absolute Gasteiger partial charge is 0.225 e. The summed E-state index contributed by atoms with van der Waals surface area (Å²) in [6.45, 7) is 4.51. The van der Waals surface area contributed by atoms with Crippen LogP contribution < -0.4 is 4.90 Å². The van der Waals surface area contributed by atoms with Crippen LogP contribution in [-0.2, 0) is 4.74 Å². The van der Waals surface area contributed by atoms with E-state index >= 15 is 0 Å². The van der Waals surface area contributed by atoms with Gasteiger partial charge >= 0.3 is 0 Å². The van der Waals surface area contributed by atoms with E-state index in [9.17, 15) is 0 Å². The first-order valence-electron chi connectivity index (χ1n) is 8.77. The van der Waals surface area contributed by atoms with E-state index in [2.05, 4.69) is 42.7 Å². The van der Waals surface area contributed by atoms with Crippen LogP contribution in [0.3, 0.4) is 0 Å². The molecule has 0 atom stereocenters. The third-order valence-electron chi connectivity index (χ3n) is 5.07. The summed E-state index contributed by atoms with van der Waals surface area (Å²) in [5.74, 6) is 0.812. The maximum absolute atomic E-state index is 6.10. The summed E-state index contributed by atoms with van der Waals surface area (Å²) in [6.07, 6.45) is 11.4. The highest BCUT2D eigenvalue weighted by Gasteiger charge is 2.25. The molecule has 0 radical (unpaired) electrons. The molecule has 128 valence electrons. The fourth-order valence-corrected chi connectivity index (χ4v) is 3.81. The Hall–Kier alpha value is -0.720. The Morgan fingerprint density at radius 2 is 1.83 bits per heavy atom. The Bertz CT molecular complexity index is 470. The number of hydrogen-bond acceptors (Lipinski definition) is 5. The van der Waals surface area contributed by atoms with Crippen LogP contribution in [0.4, 0.5) is 5.95 Å². The monoisotopic (exact) mass is 382 g/mol. The number of rotatable bonds is 6. The standard InChI is InChI=1S/C17H27BrN4O/c1-21(17-19-12-14(18)13-20-17)15-4-6-16(7-5-15)23-11-10-22-8-2-3-9-22/h12-13,15-16H,2-11H2,1H3. The lowest BCUT2D eigenvalue weighted by Crippen LogP contribution is -2.38. The average Bonchev–Trinajstić information content (AvgIpc) is 3.09. The normalized spacial score (nSPS) is 25.7. The highest BCUT2D eigenvalue weighted by Crippen LogP contribution is 2.26. The molecule has 1 aliphatic carbocycles. The summed E-state index contributed by atoms with van der Waals surface area (Å²) in [4.78, 5) is 13.5. The third-order valence-corrected chi connectivity index (χ3v) is 5.48. The molecule has 0 spiro atoms. The van der Waals surface area contributed by atoms with Gasteiger partial charge in [0.05, 0.1) is 17.2 Å². The lowest BCUT2D eigenvalue weighted by molar-refractivity contribution is 0.0156. The van der Waals surface area contributed by atoms with Crippen molar-refractivity contribution in [3.8, 4) is 0 Å². The van der Waals surface area contributed by atoms with E-state index in [1.807, 2.05) is 12.4 Å². The fraction of sp³-hybridized carbons (Fsp3) is 0.765. The van der Waals surface area contributed by atoms with E-state index in [0.717, 1.165) is 49.3 Å². The number of anilines is 1. The van der Waals surface area contributed by atoms with E-state index < -0.39 is 0 Å². The van der Waals surface area contributed by atoms with Gasteiger partial charge in [-0.25, -0.2) is 9.97 Å². The molecule has 6 heteroatoms. The Morgan fingerprint density at radius 3 is 2.48 bits per heavy atom. The molecule has 3 rings (SSSR count). The largest absolute Gasteiger partial charge is 0.377 e. The van der Waals surface area contributed by atoms with Crippen molar-refractivity contribution in [1.29, 1.82) is 0 Å². The number of halogens is 1. The molecule has 23 heavy (non-hydrogen) atoms. The molecule has 0 N–H and O–H groups in total. The Balaban J connectivity index is 1.38. The van der Waals surface area contributed by atoms with E-state index in [1.165, 1.54) is 25.9 Å². The second-order valence-electron chi connectivity index (χ2n) is 6.66. The first kappa shape index (κ1) is 17.1. The lowest BCUT2D eigenvalue weighted by Gasteiger charge is -2.34. The minimum absolute atomic E-state index is 0.438. The maximum atomic E-state index is 6.10. The zero-order valence-electron chi connectivity index (χ0n) is 14.0. The van der Waals surface area contributed by atoms with Crippen molar-refractivity contribution >= 4 is 21.9 Å². The van der Waals surface area contributed by atoms with Gasteiger partial charge in [0.1, 0.15) is 0 Å². The van der Waals surface area contributed by atoms with Crippen LogP contribution in [0, 0.1) is 0 Å². The summed E-state index contributed by atoms with van der Waals surface area (Å²) in [5, 5.41) is 0. The van der Waals surface area contributed by atoms with Gasteiger partial charge in [-0.15, -0.1) is 0 Å². The molecule has 2 fully saturated rings. The minimum atomic E-state index is 0.438. The van der Waals surface area contributed by atoms with Crippen LogP contribution in [0.25, 0.3) is 0 Å². The van der Waals surface area contributed by atoms with Crippen molar-refractivity contribution in [2.45, 2.75) is 50.7 Å². The SMILES string of the molecule is CN(c1ncc(Br)cn1)C1CCC(OCCN2CCCC2)CC1. The van der Waals surface area contributed by atoms with Crippen LogP contribution in [0.2, 0.25) is 0 Å². The highest BCUT2D eigenvalue weighted by atomic mass is 79.9. The van der Waals surface area contributed by atoms with Gasteiger partial charge < -0.3 is 14.5 Å². The molecule has 1 aliphatic heterocycles. The topological polar surface area (TPSA) is 41.5 Å². The van der Waals surface area contributed by atoms with Gasteiger partial charge in [0, 0.05) is 32.0 Å². The predicted octanol–water partition coefficient (Wildman–Crippen LogP) is 3.10. The number of hydrogen-bond donors (Lipinski definition) is 0. The van der Waals surface area contributed by atoms with E-state index in [4.69, 9.17) is 4.74 Å². The summed E-state index contributed by atoms with van der Waals surface area (Å²) in [7, 11) is 2.10. The van der Waals surface area contributed by atoms with Crippen LogP contribution >= 0.6 is 15.9 Å². The van der Waals surface area contributed by atoms with Gasteiger partial charge in [0.25, 0.3) is 0 Å². The van der Waals surface area contributed by atoms with Gasteiger partial charge in [0.2, 0.25) is 5.95 Å². The summed E-state index contributed by atoms with van der Waals surface area (Å²) >= 11 is 3.38. The number of aromatic nitrogens is 2. The average molecular weight is 383 g/mol. The van der Waals surface area contributed by atoms with Crippen molar-refractivity contribution in [2.24, 2.45) is 0 Å². The minimum Gasteiger partial charge on any atom is -0.377 e. The molecule has 1 aromatic heterocycles. The number of likely N-dealkylation sites (tertiary alicyclic amines) is 1. The Morgan fingerprint density at radius 1 is 1.17 bits per heavy atom. The predicted molar refractivity (Wildman–Crippen MR) is 95.8 cm³/mol. The van der Waals surface area contributed by atoms with Gasteiger partial charge in [-0.2, -0.15) is 0 Å². The van der Waals surface area contributed by atoms with Gasteiger partial charge in [-0.05, 0) is 67.5 Å². The van der Waals surface area contributed by atoms with Crippen molar-refractivity contribution in [2.75, 3.05) is 38.2 Å². The molecule has 1 aromatic rings. The van der Waals surface area contributed by atoms with E-state index in [1.54, 1.807) is 0 Å². The summed E-state index contributed by atoms with van der Waals surface area (Å²) in [5.41, 5.74) is 0. The van der Waals surface area contributed by atoms with Crippen molar-refractivity contribution in [3.05, 3.63) is 16.9 Å². The molecular formula is C17H27BrN4O. The van der Waals surface area contributed by atoms with Gasteiger partial charge in [-0.3, -0.25) is 0 Å². The summed E-state index contributed by atoms with van der Waals surface area (Å²) < 4.78 is 7.02. The number of nitrogens with zero attached hydrogens (tertiary/aromatic N) is 4. The molecular weight excluding hydrogens is 356 g/mol. The maximum Gasteiger partial charge on any atom is 0.225 e. The molecule has 1 saturated heterocycles. The molecule has 0 amide bonds. The van der Waals surface area contributed by atoms with E-state index in [-0.39, 0.29) is 0 Å². The first-order valence-corrected chi connectivity index (χ1v) is 9.56. The van der Waals surface area contributed by atoms with Crippen LogP contribution in [0.1, 0.15) is 38.5 Å². The highest BCUT2D eigenvalue weighted by molar-refractivity contribution is 9.10. The Kier molecular flexibility index (Phi) is 6.25. The molecule has 2 heterocycles. The Labute approximate surface area is 147 Å². The molecule has 1 saturated carbocycles. The second-order valence-corrected chi connectivity index (χ2v) is 7.58. The summed E-state index contributed by atoms with van der Waals surface area (Å²) in [6, 6.07) is 0.523. The van der Waals surface area contributed by atoms with Gasteiger partial charge in [0.15, 0.2) is 0 Å².